The summed E-state index contributed by atoms with van der Waals surface area (Å²) in [6, 6.07) is 9.80. The Morgan fingerprint density at radius 1 is 1.07 bits per heavy atom. The molecular weight excluding hydrogens is 344 g/mol. The van der Waals surface area contributed by atoms with E-state index >= 15 is 0 Å². The lowest BCUT2D eigenvalue weighted by Gasteiger charge is -2.62. The number of rotatable bonds is 3. The third kappa shape index (κ3) is 2.93. The summed E-state index contributed by atoms with van der Waals surface area (Å²) in [6.07, 6.45) is 9.76. The van der Waals surface area contributed by atoms with Gasteiger partial charge in [0.1, 0.15) is 0 Å². The number of carbonyl (C=O) groups excluding carboxylic acids is 1. The molecule has 28 heavy (non-hydrogen) atoms. The number of nitrogens with zero attached hydrogens (tertiary/aromatic N) is 2. The second-order valence-electron chi connectivity index (χ2n) is 10.9. The lowest BCUT2D eigenvalue weighted by atomic mass is 9.42. The summed E-state index contributed by atoms with van der Waals surface area (Å²) in [7, 11) is 4.32. The van der Waals surface area contributed by atoms with Gasteiger partial charge >= 0.3 is 0 Å². The second kappa shape index (κ2) is 6.58. The van der Waals surface area contributed by atoms with Gasteiger partial charge in [-0.05, 0) is 95.2 Å². The molecule has 4 bridgehead atoms. The Bertz CT molecular complexity index is 738. The predicted molar refractivity (Wildman–Crippen MR) is 113 cm³/mol. The quantitative estimate of drug-likeness (QED) is 0.777. The topological polar surface area (TPSA) is 23.6 Å². The van der Waals surface area contributed by atoms with E-state index in [1.165, 1.54) is 36.8 Å². The lowest BCUT2D eigenvalue weighted by molar-refractivity contribution is -0.162. The first-order chi connectivity index (χ1) is 13.4. The van der Waals surface area contributed by atoms with Crippen molar-refractivity contribution in [3.63, 3.8) is 0 Å². The summed E-state index contributed by atoms with van der Waals surface area (Å²) in [5.74, 6) is 2.01. The molecule has 0 N–H and O–H groups in total. The van der Waals surface area contributed by atoms with Gasteiger partial charge in [0.05, 0.1) is 5.41 Å². The number of amides is 1. The molecule has 0 aromatic heterocycles. The monoisotopic (exact) mass is 380 g/mol. The molecule has 3 heteroatoms. The van der Waals surface area contributed by atoms with Crippen molar-refractivity contribution in [2.75, 3.05) is 27.2 Å². The number of hydrogen-bond donors (Lipinski definition) is 0. The standard InChI is InChI=1S/C25H36N2O/c1-18-6-8-21(9-7-18)24-12-19-11-20(13-24)15-25(14-19,17-24)23(28)27-10-4-5-22(16-27)26(2)3/h6-9,19-20,22H,4-5,10-17H2,1-3H3. The van der Waals surface area contributed by atoms with Crippen LogP contribution in [0, 0.1) is 24.2 Å². The maximum Gasteiger partial charge on any atom is 0.228 e. The fourth-order valence-corrected chi connectivity index (χ4v) is 7.65. The van der Waals surface area contributed by atoms with Crippen molar-refractivity contribution in [2.45, 2.75) is 69.7 Å². The van der Waals surface area contributed by atoms with Crippen molar-refractivity contribution in [3.05, 3.63) is 35.4 Å². The Morgan fingerprint density at radius 3 is 2.39 bits per heavy atom. The van der Waals surface area contributed by atoms with Gasteiger partial charge in [0.25, 0.3) is 0 Å². The van der Waals surface area contributed by atoms with Crippen LogP contribution in [0.4, 0.5) is 0 Å². The molecule has 1 saturated heterocycles. The van der Waals surface area contributed by atoms with Crippen molar-refractivity contribution >= 4 is 5.91 Å². The van der Waals surface area contributed by atoms with Gasteiger partial charge in [-0.1, -0.05) is 29.8 Å². The highest BCUT2D eigenvalue weighted by Gasteiger charge is 2.61. The number of carbonyl (C=O) groups is 1. The molecule has 1 aromatic carbocycles. The zero-order chi connectivity index (χ0) is 19.5. The molecule has 6 rings (SSSR count). The van der Waals surface area contributed by atoms with Gasteiger partial charge in [0.15, 0.2) is 0 Å². The zero-order valence-electron chi connectivity index (χ0n) is 17.9. The minimum absolute atomic E-state index is 0.0802. The molecule has 1 heterocycles. The van der Waals surface area contributed by atoms with Crippen LogP contribution in [-0.2, 0) is 10.2 Å². The first-order valence-electron chi connectivity index (χ1n) is 11.4. The van der Waals surface area contributed by atoms with Crippen LogP contribution in [0.15, 0.2) is 24.3 Å². The Labute approximate surface area is 170 Å². The summed E-state index contributed by atoms with van der Waals surface area (Å²) in [6.45, 7) is 4.07. The smallest absolute Gasteiger partial charge is 0.228 e. The van der Waals surface area contributed by atoms with Crippen molar-refractivity contribution in [1.29, 1.82) is 0 Å². The first-order valence-corrected chi connectivity index (χ1v) is 11.4. The van der Waals surface area contributed by atoms with Crippen LogP contribution in [0.25, 0.3) is 0 Å². The normalized spacial score (nSPS) is 39.6. The van der Waals surface area contributed by atoms with Crippen LogP contribution in [0.3, 0.4) is 0 Å². The maximum atomic E-state index is 14.0. The van der Waals surface area contributed by atoms with Crippen molar-refractivity contribution in [1.82, 2.24) is 9.80 Å². The molecule has 3 unspecified atom stereocenters. The van der Waals surface area contributed by atoms with Gasteiger partial charge in [-0.25, -0.2) is 0 Å². The zero-order valence-corrected chi connectivity index (χ0v) is 17.9. The molecule has 0 radical (unpaired) electrons. The molecule has 4 aliphatic carbocycles. The molecule has 1 aliphatic heterocycles. The molecule has 152 valence electrons. The average Bonchev–Trinajstić information content (AvgIpc) is 2.67. The van der Waals surface area contributed by atoms with Gasteiger partial charge in [-0.3, -0.25) is 4.79 Å². The number of likely N-dealkylation sites (tertiary alicyclic amines) is 1. The molecular formula is C25H36N2O. The van der Waals surface area contributed by atoms with Gasteiger partial charge in [0, 0.05) is 19.1 Å². The second-order valence-corrected chi connectivity index (χ2v) is 10.9. The van der Waals surface area contributed by atoms with E-state index in [-0.39, 0.29) is 10.8 Å². The highest BCUT2D eigenvalue weighted by Crippen LogP contribution is 2.66. The number of likely N-dealkylation sites (N-methyl/N-ethyl adjacent to an activating group) is 1. The van der Waals surface area contributed by atoms with Crippen molar-refractivity contribution < 1.29 is 4.79 Å². The summed E-state index contributed by atoms with van der Waals surface area (Å²) < 4.78 is 0. The molecule has 1 aromatic rings. The van der Waals surface area contributed by atoms with E-state index in [1.54, 1.807) is 0 Å². The van der Waals surface area contributed by atoms with E-state index in [2.05, 4.69) is 55.1 Å². The van der Waals surface area contributed by atoms with E-state index in [1.807, 2.05) is 0 Å². The highest BCUT2D eigenvalue weighted by molar-refractivity contribution is 5.84. The van der Waals surface area contributed by atoms with Gasteiger partial charge < -0.3 is 9.80 Å². The largest absolute Gasteiger partial charge is 0.341 e. The first kappa shape index (κ1) is 18.7. The minimum Gasteiger partial charge on any atom is -0.341 e. The van der Waals surface area contributed by atoms with Crippen LogP contribution < -0.4 is 0 Å². The number of piperidine rings is 1. The van der Waals surface area contributed by atoms with Gasteiger partial charge in [-0.2, -0.15) is 0 Å². The van der Waals surface area contributed by atoms with Gasteiger partial charge in [0.2, 0.25) is 5.91 Å². The fourth-order valence-electron chi connectivity index (χ4n) is 7.65. The third-order valence-electron chi connectivity index (χ3n) is 8.59. The Balaban J connectivity index is 1.45. The average molecular weight is 381 g/mol. The highest BCUT2D eigenvalue weighted by atomic mass is 16.2. The van der Waals surface area contributed by atoms with Crippen molar-refractivity contribution in [3.8, 4) is 0 Å². The molecule has 0 spiro atoms. The maximum absolute atomic E-state index is 14.0. The minimum atomic E-state index is -0.0802. The van der Waals surface area contributed by atoms with Crippen molar-refractivity contribution in [2.24, 2.45) is 17.3 Å². The number of aryl methyl sites for hydroxylation is 1. The molecule has 5 aliphatic rings. The van der Waals surface area contributed by atoms with Crippen LogP contribution in [-0.4, -0.2) is 48.9 Å². The molecule has 1 amide bonds. The Kier molecular flexibility index (Phi) is 4.39. The van der Waals surface area contributed by atoms with Crippen LogP contribution in [0.2, 0.25) is 0 Å². The summed E-state index contributed by atoms with van der Waals surface area (Å²) in [5, 5.41) is 0. The lowest BCUT2D eigenvalue weighted by Crippen LogP contribution is -2.61. The Hall–Kier alpha value is -1.35. The fraction of sp³-hybridized carbons (Fsp3) is 0.720. The van der Waals surface area contributed by atoms with E-state index in [0.717, 1.165) is 50.6 Å². The third-order valence-corrected chi connectivity index (χ3v) is 8.59. The summed E-state index contributed by atoms with van der Waals surface area (Å²) in [5.41, 5.74) is 3.02. The van der Waals surface area contributed by atoms with E-state index in [9.17, 15) is 4.79 Å². The van der Waals surface area contributed by atoms with Gasteiger partial charge in [-0.15, -0.1) is 0 Å². The van der Waals surface area contributed by atoms with Crippen LogP contribution >= 0.6 is 0 Å². The summed E-state index contributed by atoms with van der Waals surface area (Å²) in [4.78, 5) is 18.5. The van der Waals surface area contributed by atoms with Crippen LogP contribution in [0.5, 0.6) is 0 Å². The molecule has 3 atom stereocenters. The molecule has 3 nitrogen and oxygen atoms in total. The number of hydrogen-bond acceptors (Lipinski definition) is 2. The van der Waals surface area contributed by atoms with E-state index in [4.69, 9.17) is 0 Å². The number of benzene rings is 1. The molecule has 5 fully saturated rings. The SMILES string of the molecule is Cc1ccc(C23CC4CC(CC(C(=O)N5CCCC(N(C)C)C5)(C4)C2)C3)cc1. The summed E-state index contributed by atoms with van der Waals surface area (Å²) >= 11 is 0. The molecule has 4 saturated carbocycles. The predicted octanol–water partition coefficient (Wildman–Crippen LogP) is 4.39. The van der Waals surface area contributed by atoms with E-state index in [0.29, 0.717) is 11.9 Å². The van der Waals surface area contributed by atoms with E-state index < -0.39 is 0 Å². The Morgan fingerprint density at radius 2 is 1.75 bits per heavy atom. The van der Waals surface area contributed by atoms with Crippen LogP contribution in [0.1, 0.15) is 62.5 Å².